The summed E-state index contributed by atoms with van der Waals surface area (Å²) in [5.41, 5.74) is 2.28. The largest absolute Gasteiger partial charge is 0.423 e. The number of nitriles is 1. The van der Waals surface area contributed by atoms with Crippen molar-refractivity contribution in [2.75, 3.05) is 20.0 Å². The van der Waals surface area contributed by atoms with E-state index in [9.17, 15) is 4.79 Å². The van der Waals surface area contributed by atoms with Gasteiger partial charge in [0.2, 0.25) is 0 Å². The smallest absolute Gasteiger partial charge is 0.343 e. The molecule has 0 aromatic heterocycles. The SMILES string of the molecule is N#Cc1ccc(OC(=O)c2ccc(C3CCC(OCOCC4CO4)CC3)cc2)cc1. The van der Waals surface area contributed by atoms with Crippen LogP contribution in [0.1, 0.15) is 53.1 Å². The number of carbonyl (C=O) groups is 1. The van der Waals surface area contributed by atoms with Crippen molar-refractivity contribution < 1.29 is 23.7 Å². The van der Waals surface area contributed by atoms with E-state index in [1.165, 1.54) is 5.56 Å². The first-order valence-corrected chi connectivity index (χ1v) is 10.3. The van der Waals surface area contributed by atoms with Gasteiger partial charge >= 0.3 is 5.97 Å². The molecule has 1 unspecified atom stereocenters. The number of rotatable bonds is 8. The second-order valence-electron chi connectivity index (χ2n) is 7.73. The highest BCUT2D eigenvalue weighted by Crippen LogP contribution is 2.34. The van der Waals surface area contributed by atoms with Crippen LogP contribution in [0.5, 0.6) is 5.75 Å². The third-order valence-corrected chi connectivity index (χ3v) is 5.58. The van der Waals surface area contributed by atoms with Crippen LogP contribution in [0.3, 0.4) is 0 Å². The van der Waals surface area contributed by atoms with Crippen LogP contribution in [0.15, 0.2) is 48.5 Å². The van der Waals surface area contributed by atoms with Crippen molar-refractivity contribution in [3.8, 4) is 11.8 Å². The summed E-state index contributed by atoms with van der Waals surface area (Å²) in [6.45, 7) is 1.76. The van der Waals surface area contributed by atoms with Crippen molar-refractivity contribution in [2.24, 2.45) is 0 Å². The Morgan fingerprint density at radius 1 is 1.03 bits per heavy atom. The first-order chi connectivity index (χ1) is 14.7. The van der Waals surface area contributed by atoms with E-state index >= 15 is 0 Å². The molecule has 2 fully saturated rings. The minimum Gasteiger partial charge on any atom is -0.423 e. The molecule has 6 nitrogen and oxygen atoms in total. The lowest BCUT2D eigenvalue weighted by Crippen LogP contribution is -2.22. The Labute approximate surface area is 176 Å². The van der Waals surface area contributed by atoms with Gasteiger partial charge in [-0.25, -0.2) is 4.79 Å². The van der Waals surface area contributed by atoms with Gasteiger partial charge < -0.3 is 18.9 Å². The fraction of sp³-hybridized carbons (Fsp3) is 0.417. The van der Waals surface area contributed by atoms with Crippen LogP contribution in [-0.4, -0.2) is 38.2 Å². The number of hydrogen-bond acceptors (Lipinski definition) is 6. The zero-order valence-corrected chi connectivity index (χ0v) is 16.8. The van der Waals surface area contributed by atoms with Gasteiger partial charge in [-0.15, -0.1) is 0 Å². The number of carbonyl (C=O) groups excluding carboxylic acids is 1. The second kappa shape index (κ2) is 9.86. The Morgan fingerprint density at radius 3 is 2.37 bits per heavy atom. The van der Waals surface area contributed by atoms with Gasteiger partial charge in [0, 0.05) is 0 Å². The fourth-order valence-electron chi connectivity index (χ4n) is 3.71. The molecule has 0 N–H and O–H groups in total. The van der Waals surface area contributed by atoms with Crippen LogP contribution in [0.4, 0.5) is 0 Å². The van der Waals surface area contributed by atoms with Crippen molar-refractivity contribution in [3.05, 3.63) is 65.2 Å². The van der Waals surface area contributed by atoms with Crippen LogP contribution < -0.4 is 4.74 Å². The standard InChI is InChI=1S/C24H25NO5/c25-13-17-1-9-22(10-2-17)30-24(26)20-5-3-18(4-6-20)19-7-11-21(12-8-19)29-16-27-14-23-15-28-23/h1-6,9-10,19,21,23H,7-8,11-12,14-16H2. The number of esters is 1. The van der Waals surface area contributed by atoms with E-state index in [4.69, 9.17) is 24.2 Å². The van der Waals surface area contributed by atoms with Crippen molar-refractivity contribution in [1.29, 1.82) is 5.26 Å². The molecule has 4 rings (SSSR count). The summed E-state index contributed by atoms with van der Waals surface area (Å²) in [5, 5.41) is 8.83. The van der Waals surface area contributed by atoms with Gasteiger partial charge in [0.25, 0.3) is 0 Å². The number of benzene rings is 2. The quantitative estimate of drug-likeness (QED) is 0.215. The van der Waals surface area contributed by atoms with Gasteiger partial charge in [-0.1, -0.05) is 12.1 Å². The molecule has 1 saturated heterocycles. The van der Waals surface area contributed by atoms with E-state index in [0.717, 1.165) is 32.3 Å². The molecule has 0 bridgehead atoms. The highest BCUT2D eigenvalue weighted by molar-refractivity contribution is 5.91. The zero-order valence-electron chi connectivity index (χ0n) is 16.8. The molecule has 6 heteroatoms. The lowest BCUT2D eigenvalue weighted by molar-refractivity contribution is -0.102. The lowest BCUT2D eigenvalue weighted by atomic mass is 9.82. The first-order valence-electron chi connectivity index (χ1n) is 10.3. The molecule has 2 aromatic carbocycles. The summed E-state index contributed by atoms with van der Waals surface area (Å²) >= 11 is 0. The molecule has 1 aliphatic heterocycles. The molecule has 0 radical (unpaired) electrons. The Balaban J connectivity index is 1.23. The van der Waals surface area contributed by atoms with Crippen molar-refractivity contribution >= 4 is 5.97 Å². The lowest BCUT2D eigenvalue weighted by Gasteiger charge is -2.28. The first kappa shape index (κ1) is 20.5. The summed E-state index contributed by atoms with van der Waals surface area (Å²) in [4.78, 5) is 12.3. The molecule has 156 valence electrons. The van der Waals surface area contributed by atoms with E-state index in [1.807, 2.05) is 30.3 Å². The molecule has 1 heterocycles. The molecular formula is C24H25NO5. The molecule has 0 amide bonds. The summed E-state index contributed by atoms with van der Waals surface area (Å²) < 4.78 is 21.8. The van der Waals surface area contributed by atoms with Gasteiger partial charge in [0.05, 0.1) is 36.5 Å². The molecular weight excluding hydrogens is 382 g/mol. The number of ether oxygens (including phenoxy) is 4. The predicted molar refractivity (Wildman–Crippen MR) is 109 cm³/mol. The van der Waals surface area contributed by atoms with E-state index in [0.29, 0.717) is 36.2 Å². The summed E-state index contributed by atoms with van der Waals surface area (Å²) in [6.07, 6.45) is 4.67. The maximum absolute atomic E-state index is 12.3. The van der Waals surface area contributed by atoms with Crippen LogP contribution >= 0.6 is 0 Å². The van der Waals surface area contributed by atoms with Crippen molar-refractivity contribution in [1.82, 2.24) is 0 Å². The Bertz CT molecular complexity index is 875. The zero-order chi connectivity index (χ0) is 20.8. The average molecular weight is 407 g/mol. The van der Waals surface area contributed by atoms with E-state index in [2.05, 4.69) is 0 Å². The highest BCUT2D eigenvalue weighted by atomic mass is 16.7. The van der Waals surface area contributed by atoms with Gasteiger partial charge in [0.15, 0.2) is 0 Å². The van der Waals surface area contributed by atoms with Gasteiger partial charge in [-0.05, 0) is 73.6 Å². The fourth-order valence-corrected chi connectivity index (χ4v) is 3.71. The van der Waals surface area contributed by atoms with E-state index < -0.39 is 5.97 Å². The third kappa shape index (κ3) is 5.67. The highest BCUT2D eigenvalue weighted by Gasteiger charge is 2.25. The molecule has 1 saturated carbocycles. The van der Waals surface area contributed by atoms with Crippen LogP contribution in [0.2, 0.25) is 0 Å². The average Bonchev–Trinajstić information content (AvgIpc) is 3.62. The molecule has 2 aliphatic rings. The van der Waals surface area contributed by atoms with E-state index in [-0.39, 0.29) is 12.2 Å². The van der Waals surface area contributed by atoms with Crippen LogP contribution in [0, 0.1) is 11.3 Å². The third-order valence-electron chi connectivity index (χ3n) is 5.58. The molecule has 1 aliphatic carbocycles. The minimum absolute atomic E-state index is 0.253. The number of epoxide rings is 1. The summed E-state index contributed by atoms with van der Waals surface area (Å²) in [7, 11) is 0. The number of nitrogens with zero attached hydrogens (tertiary/aromatic N) is 1. The van der Waals surface area contributed by atoms with Crippen molar-refractivity contribution in [2.45, 2.75) is 43.8 Å². The summed E-state index contributed by atoms with van der Waals surface area (Å²) in [6, 6.07) is 16.2. The molecule has 30 heavy (non-hydrogen) atoms. The molecule has 2 aromatic rings. The molecule has 0 spiro atoms. The normalized spacial score (nSPS) is 22.8. The maximum atomic E-state index is 12.3. The summed E-state index contributed by atoms with van der Waals surface area (Å²) in [5.74, 6) is 0.504. The Hall–Kier alpha value is -2.72. The van der Waals surface area contributed by atoms with Crippen LogP contribution in [-0.2, 0) is 14.2 Å². The monoisotopic (exact) mass is 407 g/mol. The predicted octanol–water partition coefficient (Wildman–Crippen LogP) is 4.19. The minimum atomic E-state index is -0.403. The van der Waals surface area contributed by atoms with Gasteiger partial charge in [-0.2, -0.15) is 5.26 Å². The maximum Gasteiger partial charge on any atom is 0.343 e. The van der Waals surface area contributed by atoms with Gasteiger partial charge in [0.1, 0.15) is 18.6 Å². The van der Waals surface area contributed by atoms with E-state index in [1.54, 1.807) is 24.3 Å². The number of hydrogen-bond donors (Lipinski definition) is 0. The van der Waals surface area contributed by atoms with Crippen LogP contribution in [0.25, 0.3) is 0 Å². The Kier molecular flexibility index (Phi) is 6.75. The topological polar surface area (TPSA) is 81.1 Å². The molecule has 1 atom stereocenters. The van der Waals surface area contributed by atoms with Gasteiger partial charge in [-0.3, -0.25) is 0 Å². The Morgan fingerprint density at radius 2 is 1.73 bits per heavy atom. The second-order valence-corrected chi connectivity index (χ2v) is 7.73. The van der Waals surface area contributed by atoms with Crippen molar-refractivity contribution in [3.63, 3.8) is 0 Å².